The first-order valence-electron chi connectivity index (χ1n) is 2.91. The van der Waals surface area contributed by atoms with Gasteiger partial charge in [-0.1, -0.05) is 0 Å². The minimum Gasteiger partial charge on any atom is -0.480 e. The van der Waals surface area contributed by atoms with Crippen LogP contribution in [-0.4, -0.2) is 35.3 Å². The summed E-state index contributed by atoms with van der Waals surface area (Å²) in [6.07, 6.45) is 0. The molecule has 0 aromatic rings. The fourth-order valence-electron chi connectivity index (χ4n) is 0.766. The number of aliphatic carboxylic acids is 2. The predicted molar refractivity (Wildman–Crippen MR) is 31.7 cm³/mol. The maximum Gasteiger partial charge on any atom is 0.324 e. The third kappa shape index (κ3) is 1.06. The van der Waals surface area contributed by atoms with Gasteiger partial charge in [-0.3, -0.25) is 14.4 Å². The Morgan fingerprint density at radius 3 is 2.09 bits per heavy atom. The zero-order chi connectivity index (χ0) is 8.48. The fraction of sp³-hybridized carbons (Fsp3) is 0.600. The third-order valence-corrected chi connectivity index (χ3v) is 1.61. The van der Waals surface area contributed by atoms with Gasteiger partial charge in [-0.25, -0.2) is 5.48 Å². The van der Waals surface area contributed by atoms with Crippen LogP contribution in [-0.2, 0) is 14.4 Å². The smallest absolute Gasteiger partial charge is 0.324 e. The highest BCUT2D eigenvalue weighted by Gasteiger charge is 2.50. The van der Waals surface area contributed by atoms with Gasteiger partial charge < -0.3 is 10.2 Å². The van der Waals surface area contributed by atoms with Crippen molar-refractivity contribution >= 4 is 11.9 Å². The highest BCUT2D eigenvalue weighted by molar-refractivity contribution is 5.99. The number of hydrogen-bond donors (Lipinski definition) is 3. The van der Waals surface area contributed by atoms with E-state index in [4.69, 9.17) is 10.2 Å². The molecule has 1 fully saturated rings. The number of hydrogen-bond acceptors (Lipinski definition) is 4. The van der Waals surface area contributed by atoms with E-state index in [1.807, 2.05) is 0 Å². The van der Waals surface area contributed by atoms with Crippen LogP contribution in [0.15, 0.2) is 0 Å². The predicted octanol–water partition coefficient (Wildman–Crippen LogP) is -1.32. The molecule has 6 nitrogen and oxygen atoms in total. The summed E-state index contributed by atoms with van der Waals surface area (Å²) in [5, 5.41) is 17.1. The SMILES string of the molecule is O=C(O)C1(C(=O)O)CNOC1. The van der Waals surface area contributed by atoms with Gasteiger partial charge in [-0.15, -0.1) is 0 Å². The van der Waals surface area contributed by atoms with Gasteiger partial charge >= 0.3 is 11.9 Å². The minimum atomic E-state index is -1.81. The van der Waals surface area contributed by atoms with E-state index in [0.29, 0.717) is 0 Å². The molecule has 62 valence electrons. The quantitative estimate of drug-likeness (QED) is 0.434. The second kappa shape index (κ2) is 2.48. The maximum absolute atomic E-state index is 10.5. The number of carbonyl (C=O) groups is 2. The molecule has 0 saturated carbocycles. The Morgan fingerprint density at radius 1 is 1.36 bits per heavy atom. The first-order chi connectivity index (χ1) is 5.09. The van der Waals surface area contributed by atoms with Gasteiger partial charge in [-0.05, 0) is 0 Å². The summed E-state index contributed by atoms with van der Waals surface area (Å²) in [6, 6.07) is 0. The molecule has 1 heterocycles. The van der Waals surface area contributed by atoms with Crippen LogP contribution in [0.3, 0.4) is 0 Å². The molecular formula is C5H7NO5. The Kier molecular flexibility index (Phi) is 1.79. The van der Waals surface area contributed by atoms with Crippen molar-refractivity contribution in [3.63, 3.8) is 0 Å². The van der Waals surface area contributed by atoms with E-state index in [0.717, 1.165) is 0 Å². The maximum atomic E-state index is 10.5. The number of carboxylic acid groups (broad SMARTS) is 2. The van der Waals surface area contributed by atoms with Crippen LogP contribution < -0.4 is 5.48 Å². The van der Waals surface area contributed by atoms with E-state index < -0.39 is 17.4 Å². The Balaban J connectivity index is 2.87. The highest BCUT2D eigenvalue weighted by atomic mass is 16.7. The topological polar surface area (TPSA) is 95.9 Å². The Labute approximate surface area is 61.7 Å². The number of nitrogens with one attached hydrogen (secondary N) is 1. The van der Waals surface area contributed by atoms with Gasteiger partial charge in [0.2, 0.25) is 5.41 Å². The monoisotopic (exact) mass is 161 g/mol. The molecule has 1 aliphatic rings. The molecule has 0 aromatic carbocycles. The second-order valence-corrected chi connectivity index (χ2v) is 2.30. The molecule has 1 rings (SSSR count). The molecule has 0 bridgehead atoms. The number of carboxylic acids is 2. The minimum absolute atomic E-state index is 0.197. The summed E-state index contributed by atoms with van der Waals surface area (Å²) in [5.41, 5.74) is 0.409. The van der Waals surface area contributed by atoms with Crippen molar-refractivity contribution in [1.82, 2.24) is 5.48 Å². The lowest BCUT2D eigenvalue weighted by molar-refractivity contribution is -0.163. The molecule has 1 saturated heterocycles. The lowest BCUT2D eigenvalue weighted by Gasteiger charge is -2.13. The van der Waals surface area contributed by atoms with Crippen molar-refractivity contribution < 1.29 is 24.6 Å². The first kappa shape index (κ1) is 7.96. The summed E-state index contributed by atoms with van der Waals surface area (Å²) in [7, 11) is 0. The van der Waals surface area contributed by atoms with Crippen LogP contribution in [0.5, 0.6) is 0 Å². The Hall–Kier alpha value is -1.14. The van der Waals surface area contributed by atoms with Crippen LogP contribution in [0.1, 0.15) is 0 Å². The van der Waals surface area contributed by atoms with E-state index in [-0.39, 0.29) is 13.2 Å². The summed E-state index contributed by atoms with van der Waals surface area (Å²) < 4.78 is 0. The molecule has 0 unspecified atom stereocenters. The fourth-order valence-corrected chi connectivity index (χ4v) is 0.766. The van der Waals surface area contributed by atoms with Crippen LogP contribution in [0.4, 0.5) is 0 Å². The van der Waals surface area contributed by atoms with E-state index >= 15 is 0 Å². The van der Waals surface area contributed by atoms with Gasteiger partial charge in [0.15, 0.2) is 0 Å². The van der Waals surface area contributed by atoms with E-state index in [2.05, 4.69) is 10.3 Å². The molecule has 3 N–H and O–H groups in total. The van der Waals surface area contributed by atoms with Crippen molar-refractivity contribution in [3.05, 3.63) is 0 Å². The molecule has 6 heteroatoms. The van der Waals surface area contributed by atoms with Gasteiger partial charge in [0, 0.05) is 0 Å². The normalized spacial score (nSPS) is 21.5. The summed E-state index contributed by atoms with van der Waals surface area (Å²) in [4.78, 5) is 25.4. The Bertz CT molecular complexity index is 179. The average Bonchev–Trinajstić information content (AvgIpc) is 2.34. The standard InChI is InChI=1S/C5H7NO5/c7-3(8)5(4(9)10)1-6-11-2-5/h6H,1-2H2,(H,7,8)(H,9,10). The average molecular weight is 161 g/mol. The molecule has 0 aromatic heterocycles. The molecule has 0 radical (unpaired) electrons. The van der Waals surface area contributed by atoms with Crippen LogP contribution >= 0.6 is 0 Å². The van der Waals surface area contributed by atoms with Crippen molar-refractivity contribution in [3.8, 4) is 0 Å². The molecule has 0 atom stereocenters. The van der Waals surface area contributed by atoms with E-state index in [1.54, 1.807) is 0 Å². The van der Waals surface area contributed by atoms with Gasteiger partial charge in [0.1, 0.15) is 0 Å². The number of rotatable bonds is 2. The molecular weight excluding hydrogens is 154 g/mol. The van der Waals surface area contributed by atoms with Crippen LogP contribution in [0, 0.1) is 5.41 Å². The molecule has 0 aliphatic carbocycles. The summed E-state index contributed by atoms with van der Waals surface area (Å²) in [5.74, 6) is -2.76. The van der Waals surface area contributed by atoms with Crippen LogP contribution in [0.2, 0.25) is 0 Å². The largest absolute Gasteiger partial charge is 0.480 e. The zero-order valence-electron chi connectivity index (χ0n) is 5.53. The van der Waals surface area contributed by atoms with Crippen molar-refractivity contribution in [1.29, 1.82) is 0 Å². The Morgan fingerprint density at radius 2 is 1.91 bits per heavy atom. The first-order valence-corrected chi connectivity index (χ1v) is 2.91. The van der Waals surface area contributed by atoms with Crippen molar-refractivity contribution in [2.24, 2.45) is 5.41 Å². The molecule has 1 aliphatic heterocycles. The third-order valence-electron chi connectivity index (χ3n) is 1.61. The van der Waals surface area contributed by atoms with E-state index in [1.165, 1.54) is 0 Å². The molecule has 0 amide bonds. The lowest BCUT2D eigenvalue weighted by atomic mass is 9.90. The van der Waals surface area contributed by atoms with Crippen LogP contribution in [0.25, 0.3) is 0 Å². The molecule has 0 spiro atoms. The van der Waals surface area contributed by atoms with Gasteiger partial charge in [0.05, 0.1) is 13.2 Å². The highest BCUT2D eigenvalue weighted by Crippen LogP contribution is 2.21. The molecule has 11 heavy (non-hydrogen) atoms. The zero-order valence-corrected chi connectivity index (χ0v) is 5.53. The second-order valence-electron chi connectivity index (χ2n) is 2.30. The van der Waals surface area contributed by atoms with Gasteiger partial charge in [0.25, 0.3) is 0 Å². The van der Waals surface area contributed by atoms with Crippen molar-refractivity contribution in [2.45, 2.75) is 0 Å². The summed E-state index contributed by atoms with van der Waals surface area (Å²) in [6.45, 7) is -0.532. The van der Waals surface area contributed by atoms with Crippen molar-refractivity contribution in [2.75, 3.05) is 13.2 Å². The lowest BCUT2D eigenvalue weighted by Crippen LogP contribution is -2.43. The van der Waals surface area contributed by atoms with E-state index in [9.17, 15) is 9.59 Å². The summed E-state index contributed by atoms with van der Waals surface area (Å²) >= 11 is 0. The van der Waals surface area contributed by atoms with Gasteiger partial charge in [-0.2, -0.15) is 0 Å². The number of hydroxylamine groups is 1.